The van der Waals surface area contributed by atoms with Crippen LogP contribution in [0.5, 0.6) is 5.75 Å². The highest BCUT2D eigenvalue weighted by atomic mass is 32.2. The predicted octanol–water partition coefficient (Wildman–Crippen LogP) is 4.41. The third-order valence-corrected chi connectivity index (χ3v) is 6.80. The van der Waals surface area contributed by atoms with E-state index in [1.807, 2.05) is 43.3 Å². The molecule has 1 aliphatic rings. The summed E-state index contributed by atoms with van der Waals surface area (Å²) < 4.78 is 33.7. The molecule has 1 heterocycles. The SMILES string of the molecule is CCOc1ccc(S(=O)(=O)Nc2ccc3c(c2)N(C(=O)Cc2ccccc2)CCC3)cc1. The van der Waals surface area contributed by atoms with Gasteiger partial charge >= 0.3 is 0 Å². The van der Waals surface area contributed by atoms with Crippen LogP contribution in [-0.4, -0.2) is 27.5 Å². The van der Waals surface area contributed by atoms with E-state index in [4.69, 9.17) is 4.74 Å². The molecular formula is C25H26N2O4S. The number of amides is 1. The van der Waals surface area contributed by atoms with Gasteiger partial charge in [-0.2, -0.15) is 0 Å². The lowest BCUT2D eigenvalue weighted by molar-refractivity contribution is -0.118. The number of aryl methyl sites for hydroxylation is 1. The van der Waals surface area contributed by atoms with Crippen LogP contribution < -0.4 is 14.4 Å². The van der Waals surface area contributed by atoms with Crippen molar-refractivity contribution in [2.75, 3.05) is 22.8 Å². The Morgan fingerprint density at radius 1 is 1.03 bits per heavy atom. The molecule has 0 saturated carbocycles. The number of rotatable bonds is 7. The number of hydrogen-bond acceptors (Lipinski definition) is 4. The maximum Gasteiger partial charge on any atom is 0.261 e. The second kappa shape index (κ2) is 9.44. The fourth-order valence-corrected chi connectivity index (χ4v) is 4.91. The van der Waals surface area contributed by atoms with E-state index in [-0.39, 0.29) is 10.8 Å². The van der Waals surface area contributed by atoms with Gasteiger partial charge in [0.25, 0.3) is 10.0 Å². The quantitative estimate of drug-likeness (QED) is 0.579. The normalized spacial score (nSPS) is 13.3. The first kappa shape index (κ1) is 21.9. The Bertz CT molecular complexity index is 1190. The number of fused-ring (bicyclic) bond motifs is 1. The molecule has 6 nitrogen and oxygen atoms in total. The second-order valence-electron chi connectivity index (χ2n) is 7.66. The third-order valence-electron chi connectivity index (χ3n) is 5.40. The van der Waals surface area contributed by atoms with Gasteiger partial charge in [0.2, 0.25) is 5.91 Å². The second-order valence-corrected chi connectivity index (χ2v) is 9.35. The van der Waals surface area contributed by atoms with E-state index < -0.39 is 10.0 Å². The van der Waals surface area contributed by atoms with E-state index >= 15 is 0 Å². The molecule has 32 heavy (non-hydrogen) atoms. The molecule has 0 saturated heterocycles. The highest BCUT2D eigenvalue weighted by molar-refractivity contribution is 7.92. The van der Waals surface area contributed by atoms with Crippen molar-refractivity contribution in [1.29, 1.82) is 0 Å². The standard InChI is InChI=1S/C25H26N2O4S/c1-2-31-22-12-14-23(15-13-22)32(29,30)26-21-11-10-20-9-6-16-27(24(20)18-21)25(28)17-19-7-4-3-5-8-19/h3-5,7-8,10-15,18,26H,2,6,9,16-17H2,1H3. The number of benzene rings is 3. The number of carbonyl (C=O) groups excluding carboxylic acids is 1. The minimum atomic E-state index is -3.77. The zero-order chi connectivity index (χ0) is 22.6. The topological polar surface area (TPSA) is 75.7 Å². The van der Waals surface area contributed by atoms with Gasteiger partial charge in [-0.3, -0.25) is 9.52 Å². The van der Waals surface area contributed by atoms with Gasteiger partial charge in [0.15, 0.2) is 0 Å². The number of anilines is 2. The van der Waals surface area contributed by atoms with Gasteiger partial charge < -0.3 is 9.64 Å². The van der Waals surface area contributed by atoms with Crippen LogP contribution in [0, 0.1) is 0 Å². The molecule has 4 rings (SSSR count). The largest absolute Gasteiger partial charge is 0.494 e. The minimum absolute atomic E-state index is 0.00340. The Balaban J connectivity index is 1.55. The van der Waals surface area contributed by atoms with Crippen molar-refractivity contribution in [1.82, 2.24) is 0 Å². The molecule has 1 N–H and O–H groups in total. The summed E-state index contributed by atoms with van der Waals surface area (Å²) in [5.41, 5.74) is 3.19. The first-order chi connectivity index (χ1) is 15.5. The molecule has 3 aromatic carbocycles. The van der Waals surface area contributed by atoms with Crippen molar-refractivity contribution in [2.45, 2.75) is 31.1 Å². The van der Waals surface area contributed by atoms with Gasteiger partial charge in [-0.1, -0.05) is 36.4 Å². The molecule has 1 aliphatic heterocycles. The zero-order valence-electron chi connectivity index (χ0n) is 18.0. The molecule has 0 atom stereocenters. The summed E-state index contributed by atoms with van der Waals surface area (Å²) in [5, 5.41) is 0. The summed E-state index contributed by atoms with van der Waals surface area (Å²) in [5.74, 6) is 0.622. The van der Waals surface area contributed by atoms with Crippen LogP contribution in [0.15, 0.2) is 77.7 Å². The lowest BCUT2D eigenvalue weighted by Crippen LogP contribution is -2.36. The van der Waals surface area contributed by atoms with Crippen molar-refractivity contribution in [3.05, 3.63) is 83.9 Å². The van der Waals surface area contributed by atoms with Gasteiger partial charge in [-0.05, 0) is 67.3 Å². The lowest BCUT2D eigenvalue weighted by Gasteiger charge is -2.30. The molecule has 0 unspecified atom stereocenters. The molecule has 0 aliphatic carbocycles. The number of hydrogen-bond donors (Lipinski definition) is 1. The third kappa shape index (κ3) is 4.94. The van der Waals surface area contributed by atoms with Crippen molar-refractivity contribution in [3.63, 3.8) is 0 Å². The van der Waals surface area contributed by atoms with Crippen molar-refractivity contribution in [3.8, 4) is 5.75 Å². The van der Waals surface area contributed by atoms with Gasteiger partial charge in [-0.15, -0.1) is 0 Å². The van der Waals surface area contributed by atoms with E-state index in [1.165, 1.54) is 12.1 Å². The van der Waals surface area contributed by atoms with Crippen LogP contribution in [0.4, 0.5) is 11.4 Å². The number of ether oxygens (including phenoxy) is 1. The average molecular weight is 451 g/mol. The van der Waals surface area contributed by atoms with Gasteiger partial charge in [0.1, 0.15) is 5.75 Å². The summed E-state index contributed by atoms with van der Waals surface area (Å²) in [6.45, 7) is 3.00. The van der Waals surface area contributed by atoms with Gasteiger partial charge in [-0.25, -0.2) is 8.42 Å². The van der Waals surface area contributed by atoms with E-state index in [1.54, 1.807) is 29.2 Å². The average Bonchev–Trinajstić information content (AvgIpc) is 2.79. The maximum absolute atomic E-state index is 13.0. The summed E-state index contributed by atoms with van der Waals surface area (Å²) in [6.07, 6.45) is 2.05. The highest BCUT2D eigenvalue weighted by Crippen LogP contribution is 2.31. The number of sulfonamides is 1. The Labute approximate surface area is 188 Å². The van der Waals surface area contributed by atoms with E-state index in [0.29, 0.717) is 31.0 Å². The summed E-state index contributed by atoms with van der Waals surface area (Å²) in [7, 11) is -3.77. The molecule has 1 amide bonds. The molecule has 166 valence electrons. The van der Waals surface area contributed by atoms with Crippen molar-refractivity contribution in [2.24, 2.45) is 0 Å². The van der Waals surface area contributed by atoms with Crippen LogP contribution in [0.3, 0.4) is 0 Å². The molecule has 0 radical (unpaired) electrons. The molecule has 3 aromatic rings. The van der Waals surface area contributed by atoms with E-state index in [2.05, 4.69) is 4.72 Å². The maximum atomic E-state index is 13.0. The minimum Gasteiger partial charge on any atom is -0.494 e. The fourth-order valence-electron chi connectivity index (χ4n) is 3.86. The van der Waals surface area contributed by atoms with Crippen LogP contribution in [-0.2, 0) is 27.7 Å². The Hall–Kier alpha value is -3.32. The first-order valence-corrected chi connectivity index (χ1v) is 12.2. The Morgan fingerprint density at radius 2 is 1.78 bits per heavy atom. The van der Waals surface area contributed by atoms with E-state index in [9.17, 15) is 13.2 Å². The smallest absolute Gasteiger partial charge is 0.261 e. The number of carbonyl (C=O) groups is 1. The molecule has 0 aromatic heterocycles. The fraction of sp³-hybridized carbons (Fsp3) is 0.240. The zero-order valence-corrected chi connectivity index (χ0v) is 18.8. The van der Waals surface area contributed by atoms with Crippen molar-refractivity contribution < 1.29 is 17.9 Å². The summed E-state index contributed by atoms with van der Waals surface area (Å²) in [6, 6.07) is 21.3. The number of nitrogens with one attached hydrogen (secondary N) is 1. The Morgan fingerprint density at radius 3 is 2.50 bits per heavy atom. The molecule has 0 bridgehead atoms. The monoisotopic (exact) mass is 450 g/mol. The van der Waals surface area contributed by atoms with Crippen molar-refractivity contribution >= 4 is 27.3 Å². The molecule has 0 spiro atoms. The predicted molar refractivity (Wildman–Crippen MR) is 126 cm³/mol. The first-order valence-electron chi connectivity index (χ1n) is 10.7. The summed E-state index contributed by atoms with van der Waals surface area (Å²) >= 11 is 0. The highest BCUT2D eigenvalue weighted by Gasteiger charge is 2.24. The lowest BCUT2D eigenvalue weighted by atomic mass is 10.00. The van der Waals surface area contributed by atoms with Gasteiger partial charge in [0, 0.05) is 12.2 Å². The molecule has 7 heteroatoms. The summed E-state index contributed by atoms with van der Waals surface area (Å²) in [4.78, 5) is 14.9. The van der Waals surface area contributed by atoms with Crippen LogP contribution in [0.2, 0.25) is 0 Å². The Kier molecular flexibility index (Phi) is 6.46. The molecule has 0 fully saturated rings. The number of nitrogens with zero attached hydrogens (tertiary/aromatic N) is 1. The van der Waals surface area contributed by atoms with Crippen LogP contribution in [0.1, 0.15) is 24.5 Å². The van der Waals surface area contributed by atoms with E-state index in [0.717, 1.165) is 29.7 Å². The van der Waals surface area contributed by atoms with Gasteiger partial charge in [0.05, 0.1) is 23.6 Å². The van der Waals surface area contributed by atoms with Crippen LogP contribution in [0.25, 0.3) is 0 Å². The van der Waals surface area contributed by atoms with Crippen LogP contribution >= 0.6 is 0 Å². The molecular weight excluding hydrogens is 424 g/mol.